The van der Waals surface area contributed by atoms with Gasteiger partial charge in [0.1, 0.15) is 42.7 Å². The summed E-state index contributed by atoms with van der Waals surface area (Å²) in [6.45, 7) is 17.6. The van der Waals surface area contributed by atoms with E-state index in [1.165, 1.54) is 5.57 Å². The van der Waals surface area contributed by atoms with Gasteiger partial charge in [-0.25, -0.2) is 4.79 Å². The molecule has 0 aromatic heterocycles. The Morgan fingerprint density at radius 3 is 2.05 bits per heavy atom. The molecule has 2 heterocycles. The quantitative estimate of drug-likeness (QED) is 0.133. The summed E-state index contributed by atoms with van der Waals surface area (Å²) in [4.78, 5) is 12.2. The van der Waals surface area contributed by atoms with Crippen molar-refractivity contribution in [2.24, 2.45) is 49.7 Å². The summed E-state index contributed by atoms with van der Waals surface area (Å²) >= 11 is 0. The number of hydrogen-bond acceptors (Lipinski definition) is 13. The van der Waals surface area contributed by atoms with Crippen molar-refractivity contribution in [3.63, 3.8) is 0 Å². The Balaban J connectivity index is 1.18. The summed E-state index contributed by atoms with van der Waals surface area (Å²) in [5, 5.41) is 96.3. The van der Waals surface area contributed by atoms with Crippen LogP contribution in [0.4, 0.5) is 0 Å². The Morgan fingerprint density at radius 2 is 1.42 bits per heavy atom. The van der Waals surface area contributed by atoms with Crippen molar-refractivity contribution >= 4 is 5.97 Å². The van der Waals surface area contributed by atoms with Crippen LogP contribution in [0.2, 0.25) is 0 Å². The van der Waals surface area contributed by atoms with Crippen LogP contribution in [0.1, 0.15) is 113 Å². The van der Waals surface area contributed by atoms with E-state index in [0.29, 0.717) is 6.42 Å². The van der Waals surface area contributed by atoms with Gasteiger partial charge in [-0.05, 0) is 96.7 Å². The average Bonchev–Trinajstić information content (AvgIpc) is 3.13. The van der Waals surface area contributed by atoms with Gasteiger partial charge in [-0.1, -0.05) is 67.0 Å². The van der Waals surface area contributed by atoms with Gasteiger partial charge in [0, 0.05) is 10.8 Å². The first-order chi connectivity index (χ1) is 26.4. The predicted molar refractivity (Wildman–Crippen MR) is 204 cm³/mol. The molecule has 4 saturated carbocycles. The van der Waals surface area contributed by atoms with Gasteiger partial charge in [-0.3, -0.25) is 0 Å². The molecule has 6 fully saturated rings. The fourth-order valence-corrected chi connectivity index (χ4v) is 14.5. The maximum absolute atomic E-state index is 12.2. The molecular formula is C43H70O14. The topological polar surface area (TPSA) is 236 Å². The minimum absolute atomic E-state index is 0.00895. The Bertz CT molecular complexity index is 1570. The highest BCUT2D eigenvalue weighted by atomic mass is 16.8. The lowest BCUT2D eigenvalue weighted by Crippen LogP contribution is -2.69. The van der Waals surface area contributed by atoms with E-state index in [4.69, 9.17) is 18.9 Å². The smallest absolute Gasteiger partial charge is 0.335 e. The number of allylic oxidation sites excluding steroid dienone is 2. The Labute approximate surface area is 336 Å². The van der Waals surface area contributed by atoms with Crippen molar-refractivity contribution in [3.8, 4) is 0 Å². The van der Waals surface area contributed by atoms with E-state index in [0.717, 1.165) is 51.4 Å². The van der Waals surface area contributed by atoms with Crippen LogP contribution in [0, 0.1) is 49.7 Å². The Morgan fingerprint density at radius 1 is 0.737 bits per heavy atom. The van der Waals surface area contributed by atoms with Crippen LogP contribution >= 0.6 is 0 Å². The molecule has 14 heteroatoms. The van der Waals surface area contributed by atoms with Gasteiger partial charge in [0.2, 0.25) is 0 Å². The molecule has 9 N–H and O–H groups in total. The van der Waals surface area contributed by atoms with E-state index < -0.39 is 85.5 Å². The molecule has 5 aliphatic carbocycles. The third kappa shape index (κ3) is 6.19. The highest BCUT2D eigenvalue weighted by Gasteiger charge is 2.72. The summed E-state index contributed by atoms with van der Waals surface area (Å²) in [5.74, 6) is -1.29. The summed E-state index contributed by atoms with van der Waals surface area (Å²) in [6, 6.07) is 0. The third-order valence-electron chi connectivity index (χ3n) is 18.1. The minimum atomic E-state index is -1.97. The second-order valence-corrected chi connectivity index (χ2v) is 21.4. The molecular weight excluding hydrogens is 740 g/mol. The normalized spacial score (nSPS) is 56.0. The molecule has 57 heavy (non-hydrogen) atoms. The molecule has 0 bridgehead atoms. The number of carbonyl (C=O) groups is 1. The van der Waals surface area contributed by atoms with E-state index in [9.17, 15) is 50.8 Å². The van der Waals surface area contributed by atoms with Gasteiger partial charge in [0.05, 0.1) is 25.4 Å². The van der Waals surface area contributed by atoms with E-state index >= 15 is 0 Å². The number of carboxylic acids is 1. The maximum atomic E-state index is 12.2. The first-order valence-corrected chi connectivity index (χ1v) is 21.2. The standard InChI is InChI=1S/C43H70O14/c1-37(2)17-25(46)42(7)16-15-41(6)24(43(42,8)19-37)10-9-23-38(3)13-12-26(39(4,20-45)22(38)11-14-40(23,41)5)55-36-33(30(50)29(49)32(56-36)34(52)53)57-35-31(51)28(48)27(47)21(18-44)54-35/h10,21-23,25-33,35-36,44-51H,9,11-20H2,1-8H3,(H,52,53). The van der Waals surface area contributed by atoms with Crippen molar-refractivity contribution in [1.29, 1.82) is 0 Å². The zero-order chi connectivity index (χ0) is 42.1. The van der Waals surface area contributed by atoms with Crippen molar-refractivity contribution < 1.29 is 69.7 Å². The number of ether oxygens (including phenoxy) is 4. The molecule has 0 radical (unpaired) electrons. The first kappa shape index (κ1) is 43.8. The van der Waals surface area contributed by atoms with Gasteiger partial charge >= 0.3 is 5.97 Å². The fraction of sp³-hybridized carbons (Fsp3) is 0.930. The van der Waals surface area contributed by atoms with E-state index in [1.54, 1.807) is 0 Å². The fourth-order valence-electron chi connectivity index (χ4n) is 14.5. The summed E-state index contributed by atoms with van der Waals surface area (Å²) in [6.07, 6.45) is -8.41. The molecule has 7 rings (SSSR count). The molecule has 2 saturated heterocycles. The van der Waals surface area contributed by atoms with Gasteiger partial charge in [0.15, 0.2) is 18.7 Å². The van der Waals surface area contributed by atoms with Crippen LogP contribution in [0.5, 0.6) is 0 Å². The van der Waals surface area contributed by atoms with E-state index in [-0.39, 0.29) is 57.0 Å². The number of aliphatic hydroxyl groups is 8. The van der Waals surface area contributed by atoms with Gasteiger partial charge < -0.3 is 64.9 Å². The summed E-state index contributed by atoms with van der Waals surface area (Å²) in [7, 11) is 0. The number of aliphatic hydroxyl groups excluding tert-OH is 8. The first-order valence-electron chi connectivity index (χ1n) is 21.2. The molecule has 20 atom stereocenters. The summed E-state index contributed by atoms with van der Waals surface area (Å²) < 4.78 is 23.9. The predicted octanol–water partition coefficient (Wildman–Crippen LogP) is 2.24. The zero-order valence-corrected chi connectivity index (χ0v) is 35.0. The largest absolute Gasteiger partial charge is 0.479 e. The molecule has 0 amide bonds. The molecule has 0 aromatic carbocycles. The van der Waals surface area contributed by atoms with E-state index in [1.807, 2.05) is 6.92 Å². The lowest BCUT2D eigenvalue weighted by Gasteiger charge is -2.74. The number of rotatable bonds is 7. The number of carboxylic acid groups (broad SMARTS) is 1. The SMILES string of the molecule is CC1(C)CC(O)C2(C)CCC3(C)C(=CCC4C5(C)CCC(OC6OC(C(=O)O)C(O)C(O)C6OC6OC(CO)C(O)C(O)C6O)C(C)(CO)C5CCC43C)C2(C)C1. The van der Waals surface area contributed by atoms with Crippen molar-refractivity contribution in [2.45, 2.75) is 187 Å². The molecule has 20 unspecified atom stereocenters. The van der Waals surface area contributed by atoms with Crippen LogP contribution in [0.3, 0.4) is 0 Å². The molecule has 7 aliphatic rings. The Hall–Kier alpha value is -1.27. The highest BCUT2D eigenvalue weighted by Crippen LogP contribution is 2.78. The second kappa shape index (κ2) is 14.4. The van der Waals surface area contributed by atoms with Crippen molar-refractivity contribution in [3.05, 3.63) is 11.6 Å². The van der Waals surface area contributed by atoms with Crippen LogP contribution in [0.15, 0.2) is 11.6 Å². The molecule has 2 aliphatic heterocycles. The Kier molecular flexibility index (Phi) is 11.1. The average molecular weight is 811 g/mol. The lowest BCUT2D eigenvalue weighted by atomic mass is 9.31. The monoisotopic (exact) mass is 810 g/mol. The van der Waals surface area contributed by atoms with Gasteiger partial charge in [0.25, 0.3) is 0 Å². The number of aliphatic carboxylic acids is 1. The van der Waals surface area contributed by atoms with Crippen molar-refractivity contribution in [1.82, 2.24) is 0 Å². The summed E-state index contributed by atoms with van der Waals surface area (Å²) in [5.41, 5.74) is -0.0828. The number of fused-ring (bicyclic) bond motifs is 7. The minimum Gasteiger partial charge on any atom is -0.479 e. The molecule has 326 valence electrons. The van der Waals surface area contributed by atoms with Crippen molar-refractivity contribution in [2.75, 3.05) is 13.2 Å². The maximum Gasteiger partial charge on any atom is 0.335 e. The van der Waals surface area contributed by atoms with Crippen LogP contribution in [0.25, 0.3) is 0 Å². The second-order valence-electron chi connectivity index (χ2n) is 21.4. The van der Waals surface area contributed by atoms with Crippen LogP contribution in [-0.2, 0) is 23.7 Å². The highest BCUT2D eigenvalue weighted by molar-refractivity contribution is 5.73. The molecule has 14 nitrogen and oxygen atoms in total. The zero-order valence-electron chi connectivity index (χ0n) is 35.0. The van der Waals surface area contributed by atoms with Crippen LogP contribution in [-0.4, -0.2) is 139 Å². The van der Waals surface area contributed by atoms with Gasteiger partial charge in [-0.15, -0.1) is 0 Å². The lowest BCUT2D eigenvalue weighted by molar-refractivity contribution is -0.375. The molecule has 0 spiro atoms. The van der Waals surface area contributed by atoms with Gasteiger partial charge in [-0.2, -0.15) is 0 Å². The third-order valence-corrected chi connectivity index (χ3v) is 18.1. The van der Waals surface area contributed by atoms with E-state index in [2.05, 4.69) is 54.5 Å². The van der Waals surface area contributed by atoms with Crippen LogP contribution < -0.4 is 0 Å². The molecule has 0 aromatic rings. The number of hydrogen-bond donors (Lipinski definition) is 9.